The number of rotatable bonds is 7. The van der Waals surface area contributed by atoms with Gasteiger partial charge in [-0.1, -0.05) is 13.8 Å². The maximum atomic E-state index is 5.97. The molecule has 1 aromatic heterocycles. The minimum atomic E-state index is -0.0482. The molecule has 2 unspecified atom stereocenters. The zero-order valence-corrected chi connectivity index (χ0v) is 13.4. The highest BCUT2D eigenvalue weighted by Gasteiger charge is 2.37. The second kappa shape index (κ2) is 6.72. The van der Waals surface area contributed by atoms with E-state index in [1.54, 1.807) is 0 Å². The summed E-state index contributed by atoms with van der Waals surface area (Å²) in [5, 5.41) is 8.19. The Bertz CT molecular complexity index is 406. The van der Waals surface area contributed by atoms with Gasteiger partial charge < -0.3 is 10.1 Å². The molecule has 2 heterocycles. The van der Waals surface area contributed by atoms with Gasteiger partial charge in [0.2, 0.25) is 0 Å². The predicted molar refractivity (Wildman–Crippen MR) is 82.0 cm³/mol. The van der Waals surface area contributed by atoms with Crippen LogP contribution in [-0.2, 0) is 11.2 Å². The first kappa shape index (κ1) is 15.5. The summed E-state index contributed by atoms with van der Waals surface area (Å²) in [6.07, 6.45) is 7.61. The summed E-state index contributed by atoms with van der Waals surface area (Å²) >= 11 is 0. The molecule has 1 N–H and O–H groups in total. The van der Waals surface area contributed by atoms with Crippen molar-refractivity contribution >= 4 is 0 Å². The van der Waals surface area contributed by atoms with Gasteiger partial charge in [0.25, 0.3) is 0 Å². The molecule has 1 saturated heterocycles. The minimum Gasteiger partial charge on any atom is -0.374 e. The Kier molecular flexibility index (Phi) is 5.22. The van der Waals surface area contributed by atoms with Crippen LogP contribution in [0, 0.1) is 0 Å². The topological polar surface area (TPSA) is 39.1 Å². The second-order valence-electron chi connectivity index (χ2n) is 6.07. The molecule has 0 saturated carbocycles. The molecule has 1 aliphatic heterocycles. The van der Waals surface area contributed by atoms with E-state index in [-0.39, 0.29) is 5.60 Å². The van der Waals surface area contributed by atoms with Crippen LogP contribution < -0.4 is 5.32 Å². The summed E-state index contributed by atoms with van der Waals surface area (Å²) in [4.78, 5) is 0. The first-order valence-electron chi connectivity index (χ1n) is 7.98. The Balaban J connectivity index is 2.04. The van der Waals surface area contributed by atoms with Gasteiger partial charge in [-0.2, -0.15) is 5.10 Å². The molecule has 1 aromatic rings. The average Bonchev–Trinajstić information content (AvgIpc) is 3.08. The van der Waals surface area contributed by atoms with E-state index in [4.69, 9.17) is 9.84 Å². The summed E-state index contributed by atoms with van der Waals surface area (Å²) in [6, 6.07) is 3.01. The van der Waals surface area contributed by atoms with Crippen molar-refractivity contribution in [2.75, 3.05) is 13.7 Å². The number of nitrogens with zero attached hydrogens (tertiary/aromatic N) is 2. The standard InChI is InChI=1S/C16H29N3O/c1-5-14(6-2)19-10-8-13(18-19)12-15(17-4)16(3)9-7-11-20-16/h8,10,14-15,17H,5-7,9,11-12H2,1-4H3. The third-order valence-corrected chi connectivity index (χ3v) is 4.73. The Morgan fingerprint density at radius 3 is 2.75 bits per heavy atom. The zero-order valence-electron chi connectivity index (χ0n) is 13.4. The lowest BCUT2D eigenvalue weighted by molar-refractivity contribution is -0.00971. The van der Waals surface area contributed by atoms with Crippen LogP contribution in [0.3, 0.4) is 0 Å². The van der Waals surface area contributed by atoms with Crippen molar-refractivity contribution in [3.8, 4) is 0 Å². The van der Waals surface area contributed by atoms with Crippen molar-refractivity contribution in [1.29, 1.82) is 0 Å². The quantitative estimate of drug-likeness (QED) is 0.834. The van der Waals surface area contributed by atoms with E-state index in [1.807, 2.05) is 7.05 Å². The molecular weight excluding hydrogens is 250 g/mol. The molecule has 20 heavy (non-hydrogen) atoms. The van der Waals surface area contributed by atoms with Crippen LogP contribution in [0.2, 0.25) is 0 Å². The van der Waals surface area contributed by atoms with Crippen molar-refractivity contribution in [2.45, 2.75) is 70.6 Å². The SMILES string of the molecule is CCC(CC)n1ccc(CC(NC)C2(C)CCCO2)n1. The maximum Gasteiger partial charge on any atom is 0.0811 e. The number of hydrogen-bond acceptors (Lipinski definition) is 3. The third kappa shape index (κ3) is 3.23. The lowest BCUT2D eigenvalue weighted by Gasteiger charge is -2.32. The van der Waals surface area contributed by atoms with E-state index in [0.29, 0.717) is 12.1 Å². The monoisotopic (exact) mass is 279 g/mol. The molecule has 2 rings (SSSR count). The fraction of sp³-hybridized carbons (Fsp3) is 0.812. The second-order valence-corrected chi connectivity index (χ2v) is 6.07. The van der Waals surface area contributed by atoms with Crippen LogP contribution in [-0.4, -0.2) is 35.1 Å². The fourth-order valence-corrected chi connectivity index (χ4v) is 3.26. The first-order valence-corrected chi connectivity index (χ1v) is 7.98. The Morgan fingerprint density at radius 2 is 2.20 bits per heavy atom. The normalized spacial score (nSPS) is 24.4. The highest BCUT2D eigenvalue weighted by molar-refractivity contribution is 5.06. The highest BCUT2D eigenvalue weighted by atomic mass is 16.5. The third-order valence-electron chi connectivity index (χ3n) is 4.73. The molecule has 1 aliphatic rings. The van der Waals surface area contributed by atoms with Crippen LogP contribution in [0.4, 0.5) is 0 Å². The van der Waals surface area contributed by atoms with E-state index < -0.39 is 0 Å². The summed E-state index contributed by atoms with van der Waals surface area (Å²) in [5.41, 5.74) is 1.11. The van der Waals surface area contributed by atoms with Gasteiger partial charge >= 0.3 is 0 Å². The average molecular weight is 279 g/mol. The van der Waals surface area contributed by atoms with Gasteiger partial charge in [0.1, 0.15) is 0 Å². The van der Waals surface area contributed by atoms with E-state index >= 15 is 0 Å². The van der Waals surface area contributed by atoms with Gasteiger partial charge in [-0.15, -0.1) is 0 Å². The molecule has 4 heteroatoms. The van der Waals surface area contributed by atoms with Crippen LogP contribution in [0.15, 0.2) is 12.3 Å². The molecule has 0 spiro atoms. The summed E-state index contributed by atoms with van der Waals surface area (Å²) in [6.45, 7) is 7.55. The number of hydrogen-bond donors (Lipinski definition) is 1. The largest absolute Gasteiger partial charge is 0.374 e. The molecule has 0 aliphatic carbocycles. The van der Waals surface area contributed by atoms with Crippen LogP contribution >= 0.6 is 0 Å². The van der Waals surface area contributed by atoms with E-state index in [9.17, 15) is 0 Å². The molecule has 2 atom stereocenters. The van der Waals surface area contributed by atoms with Crippen molar-refractivity contribution in [3.63, 3.8) is 0 Å². The smallest absolute Gasteiger partial charge is 0.0811 e. The van der Waals surface area contributed by atoms with E-state index in [2.05, 4.69) is 43.0 Å². The number of aromatic nitrogens is 2. The van der Waals surface area contributed by atoms with Crippen molar-refractivity contribution < 1.29 is 4.74 Å². The maximum absolute atomic E-state index is 5.97. The van der Waals surface area contributed by atoms with Crippen molar-refractivity contribution in [1.82, 2.24) is 15.1 Å². The lowest BCUT2D eigenvalue weighted by atomic mass is 9.90. The minimum absolute atomic E-state index is 0.0482. The predicted octanol–water partition coefficient (Wildman–Crippen LogP) is 2.94. The van der Waals surface area contributed by atoms with E-state index in [1.165, 1.54) is 0 Å². The summed E-state index contributed by atoms with van der Waals surface area (Å²) < 4.78 is 8.09. The van der Waals surface area contributed by atoms with Crippen molar-refractivity contribution in [3.05, 3.63) is 18.0 Å². The van der Waals surface area contributed by atoms with Gasteiger partial charge in [-0.25, -0.2) is 0 Å². The molecule has 0 amide bonds. The molecule has 1 fully saturated rings. The Morgan fingerprint density at radius 1 is 1.45 bits per heavy atom. The molecule has 0 radical (unpaired) electrons. The van der Waals surface area contributed by atoms with Crippen LogP contribution in [0.5, 0.6) is 0 Å². The number of likely N-dealkylation sites (N-methyl/N-ethyl adjacent to an activating group) is 1. The molecule has 0 bridgehead atoms. The molecular formula is C16H29N3O. The van der Waals surface area contributed by atoms with Crippen LogP contribution in [0.25, 0.3) is 0 Å². The summed E-state index contributed by atoms with van der Waals surface area (Å²) in [7, 11) is 2.02. The first-order chi connectivity index (χ1) is 9.62. The zero-order chi connectivity index (χ0) is 14.6. The number of nitrogens with one attached hydrogen (secondary N) is 1. The molecule has 0 aromatic carbocycles. The molecule has 114 valence electrons. The molecule has 4 nitrogen and oxygen atoms in total. The van der Waals surface area contributed by atoms with Gasteiger partial charge in [0, 0.05) is 25.3 Å². The van der Waals surface area contributed by atoms with Gasteiger partial charge in [-0.05, 0) is 45.7 Å². The van der Waals surface area contributed by atoms with E-state index in [0.717, 1.165) is 44.4 Å². The Labute approximate surface area is 122 Å². The highest BCUT2D eigenvalue weighted by Crippen LogP contribution is 2.30. The fourth-order valence-electron chi connectivity index (χ4n) is 3.26. The van der Waals surface area contributed by atoms with Gasteiger partial charge in [0.05, 0.1) is 17.3 Å². The summed E-state index contributed by atoms with van der Waals surface area (Å²) in [5.74, 6) is 0. The number of ether oxygens (including phenoxy) is 1. The van der Waals surface area contributed by atoms with Gasteiger partial charge in [0.15, 0.2) is 0 Å². The van der Waals surface area contributed by atoms with Crippen molar-refractivity contribution in [2.24, 2.45) is 0 Å². The van der Waals surface area contributed by atoms with Gasteiger partial charge in [-0.3, -0.25) is 4.68 Å². The van der Waals surface area contributed by atoms with Crippen LogP contribution in [0.1, 0.15) is 58.2 Å². The Hall–Kier alpha value is -0.870. The lowest BCUT2D eigenvalue weighted by Crippen LogP contribution is -2.48.